The van der Waals surface area contributed by atoms with Crippen LogP contribution in [0.25, 0.3) is 0 Å². The second-order valence-electron chi connectivity index (χ2n) is 7.01. The van der Waals surface area contributed by atoms with Gasteiger partial charge in [-0.15, -0.1) is 24.2 Å². The molecule has 2 aromatic carbocycles. The van der Waals surface area contributed by atoms with Crippen LogP contribution >= 0.6 is 24.2 Å². The molecule has 0 aromatic heterocycles. The van der Waals surface area contributed by atoms with Crippen molar-refractivity contribution in [2.24, 2.45) is 11.7 Å². The number of thioether (sulfide) groups is 1. The molecule has 3 N–H and O–H groups in total. The van der Waals surface area contributed by atoms with E-state index in [2.05, 4.69) is 5.32 Å². The molecule has 0 spiro atoms. The summed E-state index contributed by atoms with van der Waals surface area (Å²) < 4.78 is 27.2. The Hall–Kier alpha value is -1.63. The molecule has 3 nitrogen and oxygen atoms in total. The fraction of sp³-hybridized carbons (Fsp3) is 0.381. The van der Waals surface area contributed by atoms with E-state index in [1.165, 1.54) is 6.07 Å². The summed E-state index contributed by atoms with van der Waals surface area (Å²) >= 11 is 1.58. The highest BCUT2D eigenvalue weighted by molar-refractivity contribution is 7.98. The van der Waals surface area contributed by atoms with Crippen LogP contribution in [-0.2, 0) is 4.79 Å². The zero-order valence-electron chi connectivity index (χ0n) is 15.7. The van der Waals surface area contributed by atoms with Crippen LogP contribution in [0.1, 0.15) is 42.9 Å². The Balaban J connectivity index is 0.00000280. The minimum Gasteiger partial charge on any atom is -0.345 e. The van der Waals surface area contributed by atoms with Crippen LogP contribution in [-0.4, -0.2) is 18.2 Å². The molecule has 0 saturated heterocycles. The van der Waals surface area contributed by atoms with Crippen molar-refractivity contribution >= 4 is 30.1 Å². The molecule has 1 unspecified atom stereocenters. The lowest BCUT2D eigenvalue weighted by Crippen LogP contribution is -2.34. The van der Waals surface area contributed by atoms with E-state index in [9.17, 15) is 13.6 Å². The molecule has 3 rings (SSSR count). The SMILES string of the molecule is CSc1cccc(C(NC(=O)C[C@@H]2CCC[C@H]2N)c2ccc(F)c(F)c2)c1.Cl. The smallest absolute Gasteiger partial charge is 0.221 e. The average molecular weight is 427 g/mol. The molecule has 1 aliphatic rings. The zero-order valence-corrected chi connectivity index (χ0v) is 17.3. The van der Waals surface area contributed by atoms with Gasteiger partial charge in [0.05, 0.1) is 6.04 Å². The topological polar surface area (TPSA) is 55.1 Å². The van der Waals surface area contributed by atoms with Crippen LogP contribution in [0.15, 0.2) is 47.4 Å². The van der Waals surface area contributed by atoms with E-state index in [1.54, 1.807) is 11.8 Å². The first-order valence-electron chi connectivity index (χ1n) is 9.11. The number of hydrogen-bond acceptors (Lipinski definition) is 3. The highest BCUT2D eigenvalue weighted by atomic mass is 35.5. The highest BCUT2D eigenvalue weighted by Crippen LogP contribution is 2.29. The Kier molecular flexibility index (Phi) is 8.28. The average Bonchev–Trinajstić information content (AvgIpc) is 3.06. The lowest BCUT2D eigenvalue weighted by molar-refractivity contribution is -0.122. The zero-order chi connectivity index (χ0) is 19.4. The van der Waals surface area contributed by atoms with Crippen molar-refractivity contribution in [2.75, 3.05) is 6.26 Å². The number of benzene rings is 2. The van der Waals surface area contributed by atoms with Crippen LogP contribution in [0.4, 0.5) is 8.78 Å². The Labute approximate surface area is 174 Å². The summed E-state index contributed by atoms with van der Waals surface area (Å²) in [5.41, 5.74) is 7.42. The molecule has 0 bridgehead atoms. The van der Waals surface area contributed by atoms with Gasteiger partial charge in [0.25, 0.3) is 0 Å². The Morgan fingerprint density at radius 3 is 2.57 bits per heavy atom. The number of nitrogens with two attached hydrogens (primary N) is 1. The van der Waals surface area contributed by atoms with Gasteiger partial charge >= 0.3 is 0 Å². The highest BCUT2D eigenvalue weighted by Gasteiger charge is 2.27. The summed E-state index contributed by atoms with van der Waals surface area (Å²) in [6.07, 6.45) is 5.25. The summed E-state index contributed by atoms with van der Waals surface area (Å²) in [4.78, 5) is 13.7. The molecule has 28 heavy (non-hydrogen) atoms. The van der Waals surface area contributed by atoms with Crippen LogP contribution in [0, 0.1) is 17.6 Å². The van der Waals surface area contributed by atoms with Gasteiger partial charge < -0.3 is 11.1 Å². The van der Waals surface area contributed by atoms with Crippen molar-refractivity contribution in [1.82, 2.24) is 5.32 Å². The van der Waals surface area contributed by atoms with Gasteiger partial charge in [-0.2, -0.15) is 0 Å². The van der Waals surface area contributed by atoms with Crippen molar-refractivity contribution in [1.29, 1.82) is 0 Å². The standard InChI is InChI=1S/C21H24F2N2OS.ClH/c1-27-16-6-2-5-14(10-16)21(15-8-9-17(22)18(23)11-15)25-20(26)12-13-4-3-7-19(13)24;/h2,5-6,8-11,13,19,21H,3-4,7,12,24H2,1H3,(H,25,26);1H/t13-,19+,21?;/m0./s1. The first-order valence-corrected chi connectivity index (χ1v) is 10.3. The number of carbonyl (C=O) groups is 1. The van der Waals surface area contributed by atoms with Crippen molar-refractivity contribution in [2.45, 2.75) is 42.7 Å². The van der Waals surface area contributed by atoms with E-state index in [-0.39, 0.29) is 30.3 Å². The van der Waals surface area contributed by atoms with Gasteiger partial charge in [0.2, 0.25) is 5.91 Å². The van der Waals surface area contributed by atoms with Gasteiger partial charge in [-0.1, -0.05) is 24.6 Å². The molecule has 2 aromatic rings. The van der Waals surface area contributed by atoms with E-state index >= 15 is 0 Å². The maximum absolute atomic E-state index is 13.8. The van der Waals surface area contributed by atoms with E-state index < -0.39 is 17.7 Å². The predicted molar refractivity (Wildman–Crippen MR) is 112 cm³/mol. The molecule has 1 saturated carbocycles. The molecule has 0 aliphatic heterocycles. The molecule has 1 aliphatic carbocycles. The molecule has 0 heterocycles. The second kappa shape index (κ2) is 10.2. The molecule has 1 amide bonds. The molecule has 0 radical (unpaired) electrons. The maximum atomic E-state index is 13.8. The first-order chi connectivity index (χ1) is 13.0. The Bertz CT molecular complexity index is 821. The van der Waals surface area contributed by atoms with Crippen LogP contribution < -0.4 is 11.1 Å². The number of nitrogens with one attached hydrogen (secondary N) is 1. The second-order valence-corrected chi connectivity index (χ2v) is 7.89. The van der Waals surface area contributed by atoms with Crippen LogP contribution in [0.3, 0.4) is 0 Å². The number of amides is 1. The molecule has 152 valence electrons. The fourth-order valence-electron chi connectivity index (χ4n) is 3.65. The van der Waals surface area contributed by atoms with Crippen molar-refractivity contribution in [3.05, 3.63) is 65.2 Å². The van der Waals surface area contributed by atoms with Crippen LogP contribution in [0.2, 0.25) is 0 Å². The van der Waals surface area contributed by atoms with Gasteiger partial charge in [0.15, 0.2) is 11.6 Å². The summed E-state index contributed by atoms with van der Waals surface area (Å²) in [6, 6.07) is 11.0. The van der Waals surface area contributed by atoms with Crippen molar-refractivity contribution in [3.63, 3.8) is 0 Å². The van der Waals surface area contributed by atoms with Crippen LogP contribution in [0.5, 0.6) is 0 Å². The summed E-state index contributed by atoms with van der Waals surface area (Å²) in [5.74, 6) is -1.78. The largest absolute Gasteiger partial charge is 0.345 e. The molecular formula is C21H25ClF2N2OS. The predicted octanol–water partition coefficient (Wildman–Crippen LogP) is 4.83. The quantitative estimate of drug-likeness (QED) is 0.650. The number of carbonyl (C=O) groups excluding carboxylic acids is 1. The minimum atomic E-state index is -0.925. The lowest BCUT2D eigenvalue weighted by atomic mass is 9.96. The number of hydrogen-bond donors (Lipinski definition) is 2. The van der Waals surface area contributed by atoms with E-state index in [1.807, 2.05) is 30.5 Å². The van der Waals surface area contributed by atoms with Crippen molar-refractivity contribution in [3.8, 4) is 0 Å². The van der Waals surface area contributed by atoms with Gasteiger partial charge in [-0.3, -0.25) is 4.79 Å². The normalized spacial score (nSPS) is 19.7. The van der Waals surface area contributed by atoms with E-state index in [0.29, 0.717) is 12.0 Å². The third kappa shape index (κ3) is 5.46. The number of rotatable bonds is 6. The third-order valence-electron chi connectivity index (χ3n) is 5.17. The molecule has 1 fully saturated rings. The van der Waals surface area contributed by atoms with E-state index in [0.717, 1.165) is 41.9 Å². The summed E-state index contributed by atoms with van der Waals surface area (Å²) in [7, 11) is 0. The van der Waals surface area contributed by atoms with Gasteiger partial charge in [-0.25, -0.2) is 8.78 Å². The monoisotopic (exact) mass is 426 g/mol. The molecule has 7 heteroatoms. The summed E-state index contributed by atoms with van der Waals surface area (Å²) in [6.45, 7) is 0. The Morgan fingerprint density at radius 1 is 1.18 bits per heavy atom. The first kappa shape index (κ1) is 22.7. The van der Waals surface area contributed by atoms with Gasteiger partial charge in [-0.05, 0) is 60.4 Å². The third-order valence-corrected chi connectivity index (χ3v) is 5.90. The maximum Gasteiger partial charge on any atom is 0.221 e. The molecular weight excluding hydrogens is 402 g/mol. The van der Waals surface area contributed by atoms with Gasteiger partial charge in [0, 0.05) is 17.4 Å². The molecule has 3 atom stereocenters. The van der Waals surface area contributed by atoms with Gasteiger partial charge in [0.1, 0.15) is 0 Å². The minimum absolute atomic E-state index is 0. The lowest BCUT2D eigenvalue weighted by Gasteiger charge is -2.22. The summed E-state index contributed by atoms with van der Waals surface area (Å²) in [5, 5.41) is 3.00. The van der Waals surface area contributed by atoms with Crippen molar-refractivity contribution < 1.29 is 13.6 Å². The van der Waals surface area contributed by atoms with E-state index in [4.69, 9.17) is 5.73 Å². The number of halogens is 3. The fourth-order valence-corrected chi connectivity index (χ4v) is 4.12. The Morgan fingerprint density at radius 2 is 1.93 bits per heavy atom.